The third-order valence-corrected chi connectivity index (χ3v) is 6.78. The Hall–Kier alpha value is -3.19. The van der Waals surface area contributed by atoms with Crippen molar-refractivity contribution in [3.05, 3.63) is 70.2 Å². The van der Waals surface area contributed by atoms with Crippen LogP contribution in [-0.2, 0) is 11.2 Å². The molecule has 7 nitrogen and oxygen atoms in total. The largest absolute Gasteiger partial charge is 0.339 e. The molecule has 0 bridgehead atoms. The van der Waals surface area contributed by atoms with Gasteiger partial charge in [0.15, 0.2) is 5.78 Å². The van der Waals surface area contributed by atoms with Crippen molar-refractivity contribution in [3.63, 3.8) is 0 Å². The van der Waals surface area contributed by atoms with E-state index in [1.54, 1.807) is 35.2 Å². The SMILES string of the molecule is CC(=O)c1ccc(C(=O)N2CCC(C3(Cc4ccccc4Cl)NC(=O)NC3=O)CC2)cc1. The molecule has 8 heteroatoms. The molecule has 0 saturated carbocycles. The summed E-state index contributed by atoms with van der Waals surface area (Å²) in [4.78, 5) is 51.1. The molecular formula is C24H24ClN3O4. The number of benzene rings is 2. The van der Waals surface area contributed by atoms with E-state index in [4.69, 9.17) is 11.6 Å². The first-order valence-corrected chi connectivity index (χ1v) is 11.0. The van der Waals surface area contributed by atoms with Gasteiger partial charge < -0.3 is 10.2 Å². The van der Waals surface area contributed by atoms with Crippen molar-refractivity contribution >= 4 is 35.2 Å². The number of Topliss-reactive ketones (excluding diaryl/α,β-unsaturated/α-hetero) is 1. The molecule has 2 aliphatic rings. The van der Waals surface area contributed by atoms with E-state index in [-0.39, 0.29) is 29.9 Å². The average Bonchev–Trinajstić information content (AvgIpc) is 3.08. The zero-order valence-corrected chi connectivity index (χ0v) is 18.4. The number of rotatable bonds is 5. The third kappa shape index (κ3) is 4.12. The fraction of sp³-hybridized carbons (Fsp3) is 0.333. The second kappa shape index (κ2) is 8.74. The molecule has 2 fully saturated rings. The summed E-state index contributed by atoms with van der Waals surface area (Å²) in [5.74, 6) is -0.662. The second-order valence-corrected chi connectivity index (χ2v) is 8.75. The highest BCUT2D eigenvalue weighted by Crippen LogP contribution is 2.35. The number of hydrogen-bond acceptors (Lipinski definition) is 4. The van der Waals surface area contributed by atoms with Gasteiger partial charge in [0.25, 0.3) is 11.8 Å². The Labute approximate surface area is 191 Å². The van der Waals surface area contributed by atoms with Crippen molar-refractivity contribution in [2.45, 2.75) is 31.7 Å². The zero-order valence-electron chi connectivity index (χ0n) is 17.7. The van der Waals surface area contributed by atoms with E-state index < -0.39 is 11.6 Å². The van der Waals surface area contributed by atoms with E-state index in [0.29, 0.717) is 42.1 Å². The number of nitrogens with one attached hydrogen (secondary N) is 2. The van der Waals surface area contributed by atoms with Crippen LogP contribution in [0, 0.1) is 5.92 Å². The minimum Gasteiger partial charge on any atom is -0.339 e. The maximum atomic E-state index is 12.9. The number of halogens is 1. The molecular weight excluding hydrogens is 430 g/mol. The van der Waals surface area contributed by atoms with Crippen LogP contribution in [0.4, 0.5) is 4.79 Å². The first kappa shape index (κ1) is 22.0. The van der Waals surface area contributed by atoms with Gasteiger partial charge in [0, 0.05) is 35.7 Å². The minimum absolute atomic E-state index is 0.0504. The maximum absolute atomic E-state index is 12.9. The van der Waals surface area contributed by atoms with Crippen molar-refractivity contribution < 1.29 is 19.2 Å². The number of likely N-dealkylation sites (tertiary alicyclic amines) is 1. The van der Waals surface area contributed by atoms with E-state index in [1.807, 2.05) is 18.2 Å². The molecule has 2 saturated heterocycles. The van der Waals surface area contributed by atoms with Crippen LogP contribution in [0.1, 0.15) is 46.0 Å². The average molecular weight is 454 g/mol. The third-order valence-electron chi connectivity index (χ3n) is 6.41. The molecule has 2 heterocycles. The molecule has 4 rings (SSSR count). The van der Waals surface area contributed by atoms with Crippen molar-refractivity contribution in [1.29, 1.82) is 0 Å². The summed E-state index contributed by atoms with van der Waals surface area (Å²) in [7, 11) is 0. The first-order valence-electron chi connectivity index (χ1n) is 10.6. The predicted molar refractivity (Wildman–Crippen MR) is 120 cm³/mol. The van der Waals surface area contributed by atoms with Crippen LogP contribution in [0.5, 0.6) is 0 Å². The van der Waals surface area contributed by atoms with E-state index in [0.717, 1.165) is 5.56 Å². The van der Waals surface area contributed by atoms with Crippen molar-refractivity contribution in [2.24, 2.45) is 5.92 Å². The van der Waals surface area contributed by atoms with E-state index in [9.17, 15) is 19.2 Å². The molecule has 32 heavy (non-hydrogen) atoms. The number of ketones is 1. The number of piperidine rings is 1. The summed E-state index contributed by atoms with van der Waals surface area (Å²) in [6, 6.07) is 13.4. The van der Waals surface area contributed by atoms with Crippen molar-refractivity contribution in [2.75, 3.05) is 13.1 Å². The fourth-order valence-corrected chi connectivity index (χ4v) is 4.81. The van der Waals surface area contributed by atoms with Crippen LogP contribution >= 0.6 is 11.6 Å². The quantitative estimate of drug-likeness (QED) is 0.536. The van der Waals surface area contributed by atoms with Crippen LogP contribution in [0.3, 0.4) is 0 Å². The highest BCUT2D eigenvalue weighted by molar-refractivity contribution is 6.31. The standard InChI is InChI=1S/C24H24ClN3O4/c1-15(29)16-6-8-17(9-7-16)21(30)28-12-10-19(11-13-28)24(22(31)26-23(32)27-24)14-18-4-2-3-5-20(18)25/h2-9,19H,10-14H2,1H3,(H2,26,27,31,32). The topological polar surface area (TPSA) is 95.6 Å². The minimum atomic E-state index is -1.10. The van der Waals surface area contributed by atoms with Gasteiger partial charge in [0.05, 0.1) is 0 Å². The second-order valence-electron chi connectivity index (χ2n) is 8.35. The molecule has 0 radical (unpaired) electrons. The van der Waals surface area contributed by atoms with Gasteiger partial charge in [0.2, 0.25) is 0 Å². The van der Waals surface area contributed by atoms with Gasteiger partial charge in [-0.15, -0.1) is 0 Å². The van der Waals surface area contributed by atoms with Gasteiger partial charge in [-0.05, 0) is 49.4 Å². The number of imide groups is 1. The highest BCUT2D eigenvalue weighted by Gasteiger charge is 2.52. The molecule has 1 unspecified atom stereocenters. The lowest BCUT2D eigenvalue weighted by atomic mass is 9.74. The summed E-state index contributed by atoms with van der Waals surface area (Å²) in [5.41, 5.74) is 0.770. The lowest BCUT2D eigenvalue weighted by Gasteiger charge is -2.41. The fourth-order valence-electron chi connectivity index (χ4n) is 4.61. The lowest BCUT2D eigenvalue weighted by molar-refractivity contribution is -0.126. The Morgan fingerprint density at radius 1 is 1.03 bits per heavy atom. The van der Waals surface area contributed by atoms with Crippen LogP contribution in [-0.4, -0.2) is 47.2 Å². The normalized spacial score (nSPS) is 21.2. The molecule has 2 aromatic rings. The van der Waals surface area contributed by atoms with Gasteiger partial charge in [-0.25, -0.2) is 4.79 Å². The molecule has 166 valence electrons. The number of nitrogens with zero attached hydrogens (tertiary/aromatic N) is 1. The zero-order chi connectivity index (χ0) is 22.9. The summed E-state index contributed by atoms with van der Waals surface area (Å²) in [6.07, 6.45) is 1.42. The predicted octanol–water partition coefficient (Wildman–Crippen LogP) is 3.22. The Kier molecular flexibility index (Phi) is 6.02. The molecule has 2 N–H and O–H groups in total. The lowest BCUT2D eigenvalue weighted by Crippen LogP contribution is -2.58. The van der Waals surface area contributed by atoms with Gasteiger partial charge in [0.1, 0.15) is 5.54 Å². The number of carbonyl (C=O) groups is 4. The molecule has 0 spiro atoms. The Morgan fingerprint density at radius 2 is 1.66 bits per heavy atom. The monoisotopic (exact) mass is 453 g/mol. The van der Waals surface area contributed by atoms with Crippen LogP contribution in [0.15, 0.2) is 48.5 Å². The van der Waals surface area contributed by atoms with Gasteiger partial charge in [-0.2, -0.15) is 0 Å². The number of amides is 4. The Bertz CT molecular complexity index is 1080. The Morgan fingerprint density at radius 3 is 2.22 bits per heavy atom. The molecule has 4 amide bonds. The smallest absolute Gasteiger partial charge is 0.322 e. The molecule has 1 atom stereocenters. The number of urea groups is 1. The summed E-state index contributed by atoms with van der Waals surface area (Å²) in [6.45, 7) is 2.41. The highest BCUT2D eigenvalue weighted by atomic mass is 35.5. The van der Waals surface area contributed by atoms with Gasteiger partial charge in [-0.1, -0.05) is 41.9 Å². The van der Waals surface area contributed by atoms with E-state index in [1.165, 1.54) is 6.92 Å². The van der Waals surface area contributed by atoms with Gasteiger partial charge in [-0.3, -0.25) is 19.7 Å². The molecule has 0 aromatic heterocycles. The van der Waals surface area contributed by atoms with Crippen LogP contribution < -0.4 is 10.6 Å². The van der Waals surface area contributed by atoms with E-state index in [2.05, 4.69) is 10.6 Å². The molecule has 2 aromatic carbocycles. The maximum Gasteiger partial charge on any atom is 0.322 e. The Balaban J connectivity index is 1.50. The summed E-state index contributed by atoms with van der Waals surface area (Å²) < 4.78 is 0. The van der Waals surface area contributed by atoms with E-state index >= 15 is 0 Å². The van der Waals surface area contributed by atoms with Crippen molar-refractivity contribution in [1.82, 2.24) is 15.5 Å². The number of carbonyl (C=O) groups excluding carboxylic acids is 4. The van der Waals surface area contributed by atoms with Crippen LogP contribution in [0.25, 0.3) is 0 Å². The summed E-state index contributed by atoms with van der Waals surface area (Å²) >= 11 is 6.33. The molecule has 0 aliphatic carbocycles. The van der Waals surface area contributed by atoms with Gasteiger partial charge >= 0.3 is 6.03 Å². The van der Waals surface area contributed by atoms with Crippen molar-refractivity contribution in [3.8, 4) is 0 Å². The first-order chi connectivity index (χ1) is 15.3. The van der Waals surface area contributed by atoms with Crippen LogP contribution in [0.2, 0.25) is 5.02 Å². The summed E-state index contributed by atoms with van der Waals surface area (Å²) in [5, 5.41) is 5.78. The number of hydrogen-bond donors (Lipinski definition) is 2. The molecule has 2 aliphatic heterocycles.